The lowest BCUT2D eigenvalue weighted by molar-refractivity contribution is -0.125. The first-order valence-corrected chi connectivity index (χ1v) is 4.28. The fourth-order valence-corrected chi connectivity index (χ4v) is 1.60. The Bertz CT molecular complexity index is 351. The number of hydrogen-bond donors (Lipinski definition) is 0. The van der Waals surface area contributed by atoms with Gasteiger partial charge < -0.3 is 0 Å². The van der Waals surface area contributed by atoms with Crippen LogP contribution in [-0.4, -0.2) is 5.91 Å². The Morgan fingerprint density at radius 3 is 2.92 bits per heavy atom. The second-order valence-electron chi connectivity index (χ2n) is 3.35. The van der Waals surface area contributed by atoms with Crippen LogP contribution in [0.15, 0.2) is 24.3 Å². The highest BCUT2D eigenvalue weighted by Crippen LogP contribution is 2.30. The van der Waals surface area contributed by atoms with Crippen molar-refractivity contribution in [3.8, 4) is 0 Å². The van der Waals surface area contributed by atoms with Gasteiger partial charge in [-0.2, -0.15) is 0 Å². The molecule has 68 valence electrons. The molecule has 0 fully saturated rings. The van der Waals surface area contributed by atoms with E-state index in [0.717, 1.165) is 5.56 Å². The zero-order valence-corrected chi connectivity index (χ0v) is 7.33. The lowest BCUT2D eigenvalue weighted by Crippen LogP contribution is -2.34. The first-order valence-electron chi connectivity index (χ1n) is 4.28. The van der Waals surface area contributed by atoms with Gasteiger partial charge in [-0.15, -0.1) is 5.12 Å². The number of rotatable bonds is 0. The molecule has 0 aromatic heterocycles. The number of carbonyl (C=O) groups is 1. The van der Waals surface area contributed by atoms with Crippen LogP contribution in [0.3, 0.4) is 0 Å². The van der Waals surface area contributed by atoms with E-state index in [4.69, 9.17) is 0 Å². The lowest BCUT2D eigenvalue weighted by Gasteiger charge is -2.25. The Labute approximate surface area is 75.9 Å². The molecule has 0 bridgehead atoms. The van der Waals surface area contributed by atoms with Gasteiger partial charge in [-0.3, -0.25) is 4.79 Å². The van der Waals surface area contributed by atoms with E-state index >= 15 is 0 Å². The van der Waals surface area contributed by atoms with Gasteiger partial charge in [-0.25, -0.2) is 0 Å². The SMILES string of the molecule is CC1Cc2ccccc2N(F)C1=O. The Balaban J connectivity index is 2.49. The van der Waals surface area contributed by atoms with Crippen molar-refractivity contribution < 1.29 is 9.28 Å². The molecule has 1 aromatic rings. The van der Waals surface area contributed by atoms with Crippen LogP contribution in [0, 0.1) is 5.92 Å². The van der Waals surface area contributed by atoms with Crippen molar-refractivity contribution in [3.05, 3.63) is 29.8 Å². The number of anilines is 1. The summed E-state index contributed by atoms with van der Waals surface area (Å²) in [5, 5.41) is 0.253. The number of halogens is 1. The normalized spacial score (nSPS) is 21.5. The molecule has 2 rings (SSSR count). The van der Waals surface area contributed by atoms with Crippen molar-refractivity contribution in [2.75, 3.05) is 5.12 Å². The van der Waals surface area contributed by atoms with Gasteiger partial charge in [-0.05, 0) is 18.1 Å². The Morgan fingerprint density at radius 2 is 2.15 bits per heavy atom. The highest BCUT2D eigenvalue weighted by atomic mass is 19.2. The molecule has 1 unspecified atom stereocenters. The van der Waals surface area contributed by atoms with Crippen LogP contribution >= 0.6 is 0 Å². The molecular weight excluding hydrogens is 169 g/mol. The predicted octanol–water partition coefficient (Wildman–Crippen LogP) is 2.10. The third-order valence-electron chi connectivity index (χ3n) is 2.34. The average Bonchev–Trinajstić information content (AvgIpc) is 2.15. The number of fused-ring (bicyclic) bond motifs is 1. The number of amides is 1. The Morgan fingerprint density at radius 1 is 1.46 bits per heavy atom. The number of nitrogens with zero attached hydrogens (tertiary/aromatic N) is 1. The van der Waals surface area contributed by atoms with Crippen molar-refractivity contribution in [1.82, 2.24) is 0 Å². The quantitative estimate of drug-likeness (QED) is 0.558. The summed E-state index contributed by atoms with van der Waals surface area (Å²) in [4.78, 5) is 11.2. The molecule has 0 aliphatic carbocycles. The van der Waals surface area contributed by atoms with E-state index in [1.165, 1.54) is 0 Å². The van der Waals surface area contributed by atoms with Gasteiger partial charge in [0.1, 0.15) is 0 Å². The second kappa shape index (κ2) is 2.83. The molecule has 0 spiro atoms. The molecule has 1 atom stereocenters. The summed E-state index contributed by atoms with van der Waals surface area (Å²) in [6.07, 6.45) is 0.634. The van der Waals surface area contributed by atoms with Crippen LogP contribution in [-0.2, 0) is 11.2 Å². The molecule has 1 aromatic carbocycles. The maximum Gasteiger partial charge on any atom is 0.258 e. The largest absolute Gasteiger partial charge is 0.272 e. The minimum atomic E-state index is -0.446. The monoisotopic (exact) mass is 179 g/mol. The van der Waals surface area contributed by atoms with Gasteiger partial charge in [-0.1, -0.05) is 29.6 Å². The highest BCUT2D eigenvalue weighted by Gasteiger charge is 2.29. The summed E-state index contributed by atoms with van der Waals surface area (Å²) in [5.74, 6) is -0.696. The highest BCUT2D eigenvalue weighted by molar-refractivity contribution is 5.95. The van der Waals surface area contributed by atoms with E-state index in [9.17, 15) is 9.28 Å². The van der Waals surface area contributed by atoms with Crippen LogP contribution in [0.4, 0.5) is 10.2 Å². The summed E-state index contributed by atoms with van der Waals surface area (Å²) in [6, 6.07) is 7.06. The van der Waals surface area contributed by atoms with Crippen LogP contribution in [0.1, 0.15) is 12.5 Å². The third kappa shape index (κ3) is 1.20. The topological polar surface area (TPSA) is 20.3 Å². The second-order valence-corrected chi connectivity index (χ2v) is 3.35. The minimum absolute atomic E-state index is 0.250. The number of benzene rings is 1. The third-order valence-corrected chi connectivity index (χ3v) is 2.34. The standard InChI is InChI=1S/C10H10FNO/c1-7-6-8-4-2-3-5-9(8)12(11)10(7)13/h2-5,7H,6H2,1H3. The maximum atomic E-state index is 13.3. The Kier molecular flexibility index (Phi) is 1.79. The number of para-hydroxylation sites is 1. The average molecular weight is 179 g/mol. The summed E-state index contributed by atoms with van der Waals surface area (Å²) >= 11 is 0. The van der Waals surface area contributed by atoms with Gasteiger partial charge in [0.15, 0.2) is 0 Å². The van der Waals surface area contributed by atoms with E-state index < -0.39 is 5.91 Å². The summed E-state index contributed by atoms with van der Waals surface area (Å²) < 4.78 is 13.3. The van der Waals surface area contributed by atoms with E-state index in [2.05, 4.69) is 0 Å². The molecule has 0 radical (unpaired) electrons. The summed E-state index contributed by atoms with van der Waals surface area (Å²) in [6.45, 7) is 1.74. The number of hydrogen-bond acceptors (Lipinski definition) is 1. The van der Waals surface area contributed by atoms with E-state index in [-0.39, 0.29) is 11.0 Å². The first kappa shape index (κ1) is 8.23. The summed E-state index contributed by atoms with van der Waals surface area (Å²) in [7, 11) is 0. The van der Waals surface area contributed by atoms with Crippen LogP contribution in [0.5, 0.6) is 0 Å². The van der Waals surface area contributed by atoms with Crippen molar-refractivity contribution in [3.63, 3.8) is 0 Å². The minimum Gasteiger partial charge on any atom is -0.272 e. The Hall–Kier alpha value is -1.38. The zero-order chi connectivity index (χ0) is 9.42. The van der Waals surface area contributed by atoms with Crippen LogP contribution in [0.25, 0.3) is 0 Å². The molecule has 3 heteroatoms. The molecule has 13 heavy (non-hydrogen) atoms. The fraction of sp³-hybridized carbons (Fsp3) is 0.300. The predicted molar refractivity (Wildman–Crippen MR) is 47.9 cm³/mol. The molecule has 0 saturated carbocycles. The van der Waals surface area contributed by atoms with Crippen molar-refractivity contribution >= 4 is 11.6 Å². The van der Waals surface area contributed by atoms with Gasteiger partial charge in [0.2, 0.25) is 0 Å². The summed E-state index contributed by atoms with van der Waals surface area (Å²) in [5.41, 5.74) is 1.29. The maximum absolute atomic E-state index is 13.3. The van der Waals surface area contributed by atoms with Crippen LogP contribution in [0.2, 0.25) is 0 Å². The van der Waals surface area contributed by atoms with Gasteiger partial charge in [0.05, 0.1) is 5.69 Å². The molecule has 1 heterocycles. The van der Waals surface area contributed by atoms with Crippen molar-refractivity contribution in [2.45, 2.75) is 13.3 Å². The van der Waals surface area contributed by atoms with Gasteiger partial charge in [0, 0.05) is 5.92 Å². The fourth-order valence-electron chi connectivity index (χ4n) is 1.60. The molecule has 1 aliphatic heterocycles. The zero-order valence-electron chi connectivity index (χ0n) is 7.33. The van der Waals surface area contributed by atoms with E-state index in [1.54, 1.807) is 19.1 Å². The lowest BCUT2D eigenvalue weighted by atomic mass is 9.95. The number of carbonyl (C=O) groups excluding carboxylic acids is 1. The molecule has 0 saturated heterocycles. The molecular formula is C10H10FNO. The molecule has 1 amide bonds. The van der Waals surface area contributed by atoms with Crippen molar-refractivity contribution in [1.29, 1.82) is 0 Å². The molecule has 0 N–H and O–H groups in total. The van der Waals surface area contributed by atoms with Crippen LogP contribution < -0.4 is 5.12 Å². The van der Waals surface area contributed by atoms with Gasteiger partial charge in [0.25, 0.3) is 5.91 Å². The molecule has 1 aliphatic rings. The van der Waals surface area contributed by atoms with E-state index in [0.29, 0.717) is 12.1 Å². The van der Waals surface area contributed by atoms with E-state index in [1.807, 2.05) is 12.1 Å². The molecule has 2 nitrogen and oxygen atoms in total. The van der Waals surface area contributed by atoms with Gasteiger partial charge >= 0.3 is 0 Å². The van der Waals surface area contributed by atoms with Crippen molar-refractivity contribution in [2.24, 2.45) is 5.92 Å². The smallest absolute Gasteiger partial charge is 0.258 e. The first-order chi connectivity index (χ1) is 6.20.